The molecule has 1 rings (SSSR count). The maximum absolute atomic E-state index is 4.59. The Balaban J connectivity index is 2.75. The van der Waals surface area contributed by atoms with Crippen molar-refractivity contribution in [1.29, 1.82) is 0 Å². The van der Waals surface area contributed by atoms with Crippen LogP contribution in [0.1, 0.15) is 34.1 Å². The number of hydrogen-bond donors (Lipinski definition) is 0. The van der Waals surface area contributed by atoms with Gasteiger partial charge in [-0.2, -0.15) is 0 Å². The molecule has 66 valence electrons. The maximum Gasteiger partial charge on any atom is 0.0469 e. The third-order valence-electron chi connectivity index (χ3n) is 2.28. The molecule has 0 amide bonds. The lowest BCUT2D eigenvalue weighted by atomic mass is 10.1. The zero-order valence-corrected chi connectivity index (χ0v) is 8.39. The van der Waals surface area contributed by atoms with Gasteiger partial charge < -0.3 is 0 Å². The predicted octanol–water partition coefficient (Wildman–Crippen LogP) is 3.34. The van der Waals surface area contributed by atoms with E-state index >= 15 is 0 Å². The predicted molar refractivity (Wildman–Crippen MR) is 54.4 cm³/mol. The molecule has 0 atom stereocenters. The van der Waals surface area contributed by atoms with E-state index in [1.807, 2.05) is 0 Å². The van der Waals surface area contributed by atoms with E-state index in [2.05, 4.69) is 44.8 Å². The molecule has 0 unspecified atom stereocenters. The molecule has 0 aromatic heterocycles. The van der Waals surface area contributed by atoms with Gasteiger partial charge in [0.15, 0.2) is 0 Å². The summed E-state index contributed by atoms with van der Waals surface area (Å²) in [6.07, 6.45) is 5.32. The van der Waals surface area contributed by atoms with Gasteiger partial charge in [0.2, 0.25) is 0 Å². The molecule has 1 heteroatoms. The Labute approximate surface area is 74.9 Å². The van der Waals surface area contributed by atoms with Crippen LogP contribution in [0.5, 0.6) is 0 Å². The highest BCUT2D eigenvalue weighted by molar-refractivity contribution is 5.84. The molecule has 0 spiro atoms. The van der Waals surface area contributed by atoms with Crippen LogP contribution in [-0.4, -0.2) is 5.71 Å². The second-order valence-electron chi connectivity index (χ2n) is 3.64. The van der Waals surface area contributed by atoms with Gasteiger partial charge in [-0.3, -0.25) is 4.99 Å². The first-order chi connectivity index (χ1) is 5.61. The summed E-state index contributed by atoms with van der Waals surface area (Å²) in [6, 6.07) is 0. The molecule has 12 heavy (non-hydrogen) atoms. The van der Waals surface area contributed by atoms with Gasteiger partial charge in [0.1, 0.15) is 0 Å². The lowest BCUT2D eigenvalue weighted by Crippen LogP contribution is -2.01. The number of aliphatic imine (C=N–C) groups is 1. The van der Waals surface area contributed by atoms with Crippen LogP contribution >= 0.6 is 0 Å². The molecule has 0 aromatic rings. The zero-order valence-electron chi connectivity index (χ0n) is 8.39. The van der Waals surface area contributed by atoms with E-state index in [0.29, 0.717) is 5.92 Å². The van der Waals surface area contributed by atoms with Gasteiger partial charge in [-0.25, -0.2) is 0 Å². The van der Waals surface area contributed by atoms with E-state index in [-0.39, 0.29) is 0 Å². The van der Waals surface area contributed by atoms with E-state index in [4.69, 9.17) is 0 Å². The number of hydrogen-bond acceptors (Lipinski definition) is 1. The van der Waals surface area contributed by atoms with Gasteiger partial charge in [0.05, 0.1) is 0 Å². The topological polar surface area (TPSA) is 12.4 Å². The molecule has 0 saturated heterocycles. The van der Waals surface area contributed by atoms with Crippen LogP contribution in [0.2, 0.25) is 0 Å². The Hall–Kier alpha value is -0.850. The SMILES string of the molecule is CC1=C(/N=C(\C)C(C)C)CC=C1. The smallest absolute Gasteiger partial charge is 0.0469 e. The third-order valence-corrected chi connectivity index (χ3v) is 2.28. The van der Waals surface area contributed by atoms with Crippen molar-refractivity contribution >= 4 is 5.71 Å². The lowest BCUT2D eigenvalue weighted by Gasteiger charge is -2.04. The van der Waals surface area contributed by atoms with E-state index in [9.17, 15) is 0 Å². The van der Waals surface area contributed by atoms with Crippen LogP contribution in [0.4, 0.5) is 0 Å². The Morgan fingerprint density at radius 3 is 2.58 bits per heavy atom. The van der Waals surface area contributed by atoms with Crippen molar-refractivity contribution in [3.8, 4) is 0 Å². The van der Waals surface area contributed by atoms with Crippen molar-refractivity contribution in [3.63, 3.8) is 0 Å². The van der Waals surface area contributed by atoms with E-state index in [1.165, 1.54) is 17.0 Å². The Bertz CT molecular complexity index is 254. The van der Waals surface area contributed by atoms with Crippen molar-refractivity contribution in [1.82, 2.24) is 0 Å². The Morgan fingerprint density at radius 2 is 2.17 bits per heavy atom. The zero-order chi connectivity index (χ0) is 9.14. The fourth-order valence-electron chi connectivity index (χ4n) is 1.08. The summed E-state index contributed by atoms with van der Waals surface area (Å²) in [4.78, 5) is 4.59. The number of nitrogens with zero attached hydrogens (tertiary/aromatic N) is 1. The minimum Gasteiger partial charge on any atom is -0.262 e. The van der Waals surface area contributed by atoms with Crippen LogP contribution in [0.15, 0.2) is 28.4 Å². The van der Waals surface area contributed by atoms with Crippen molar-refractivity contribution in [2.24, 2.45) is 10.9 Å². The number of allylic oxidation sites excluding steroid dienone is 3. The van der Waals surface area contributed by atoms with Crippen molar-refractivity contribution in [2.75, 3.05) is 0 Å². The van der Waals surface area contributed by atoms with Gasteiger partial charge in [-0.1, -0.05) is 26.0 Å². The minimum atomic E-state index is 0.561. The second kappa shape index (κ2) is 3.70. The third kappa shape index (κ3) is 2.07. The van der Waals surface area contributed by atoms with Crippen LogP contribution in [0.3, 0.4) is 0 Å². The molecule has 0 heterocycles. The summed E-state index contributed by atoms with van der Waals surface area (Å²) in [5.41, 5.74) is 3.78. The molecule has 0 saturated carbocycles. The largest absolute Gasteiger partial charge is 0.262 e. The first-order valence-electron chi connectivity index (χ1n) is 4.52. The highest BCUT2D eigenvalue weighted by Gasteiger charge is 2.05. The van der Waals surface area contributed by atoms with E-state index in [0.717, 1.165) is 6.42 Å². The minimum absolute atomic E-state index is 0.561. The molecule has 0 aromatic carbocycles. The van der Waals surface area contributed by atoms with E-state index < -0.39 is 0 Å². The van der Waals surface area contributed by atoms with Crippen molar-refractivity contribution in [2.45, 2.75) is 34.1 Å². The molecule has 0 N–H and O–H groups in total. The first-order valence-corrected chi connectivity index (χ1v) is 4.52. The van der Waals surface area contributed by atoms with Gasteiger partial charge in [-0.15, -0.1) is 0 Å². The normalized spacial score (nSPS) is 18.2. The van der Waals surface area contributed by atoms with Gasteiger partial charge in [0.25, 0.3) is 0 Å². The van der Waals surface area contributed by atoms with Crippen LogP contribution in [0, 0.1) is 5.92 Å². The molecule has 1 aliphatic carbocycles. The van der Waals surface area contributed by atoms with Gasteiger partial charge in [-0.05, 0) is 25.3 Å². The summed E-state index contributed by atoms with van der Waals surface area (Å²) in [5, 5.41) is 0. The summed E-state index contributed by atoms with van der Waals surface area (Å²) in [6.45, 7) is 8.58. The van der Waals surface area contributed by atoms with Crippen LogP contribution < -0.4 is 0 Å². The highest BCUT2D eigenvalue weighted by Crippen LogP contribution is 2.20. The Kier molecular flexibility index (Phi) is 2.85. The number of rotatable bonds is 2. The average Bonchev–Trinajstić information content (AvgIpc) is 2.36. The summed E-state index contributed by atoms with van der Waals surface area (Å²) in [5.74, 6) is 0.561. The fraction of sp³-hybridized carbons (Fsp3) is 0.545. The van der Waals surface area contributed by atoms with Crippen molar-refractivity contribution < 1.29 is 0 Å². The van der Waals surface area contributed by atoms with Crippen LogP contribution in [-0.2, 0) is 0 Å². The molecular weight excluding hydrogens is 146 g/mol. The molecular formula is C11H17N. The lowest BCUT2D eigenvalue weighted by molar-refractivity contribution is 0.872. The first kappa shape index (κ1) is 9.24. The molecule has 1 aliphatic rings. The van der Waals surface area contributed by atoms with Crippen molar-refractivity contribution in [3.05, 3.63) is 23.4 Å². The Morgan fingerprint density at radius 1 is 1.50 bits per heavy atom. The molecule has 0 bridgehead atoms. The quantitative estimate of drug-likeness (QED) is 0.554. The maximum atomic E-state index is 4.59. The summed E-state index contributed by atoms with van der Waals surface area (Å²) >= 11 is 0. The van der Waals surface area contributed by atoms with Crippen LogP contribution in [0.25, 0.3) is 0 Å². The fourth-order valence-corrected chi connectivity index (χ4v) is 1.08. The molecule has 1 nitrogen and oxygen atoms in total. The second-order valence-corrected chi connectivity index (χ2v) is 3.64. The van der Waals surface area contributed by atoms with E-state index in [1.54, 1.807) is 0 Å². The standard InChI is InChI=1S/C11H17N/c1-8(2)10(4)12-11-7-5-6-9(11)3/h5-6,8H,7H2,1-4H3/b12-10+. The van der Waals surface area contributed by atoms with Gasteiger partial charge >= 0.3 is 0 Å². The average molecular weight is 163 g/mol. The molecule has 0 radical (unpaired) electrons. The molecule has 0 fully saturated rings. The van der Waals surface area contributed by atoms with Gasteiger partial charge in [0, 0.05) is 17.8 Å². The summed E-state index contributed by atoms with van der Waals surface area (Å²) < 4.78 is 0. The monoisotopic (exact) mass is 163 g/mol. The molecule has 0 aliphatic heterocycles. The highest BCUT2D eigenvalue weighted by atomic mass is 14.8. The summed E-state index contributed by atoms with van der Waals surface area (Å²) in [7, 11) is 0.